The molecule has 0 unspecified atom stereocenters. The molecule has 0 spiro atoms. The monoisotopic (exact) mass is 226 g/mol. The fraction of sp³-hybridized carbons (Fsp3) is 0. The molecule has 0 heterocycles. The van der Waals surface area contributed by atoms with E-state index in [9.17, 15) is 4.79 Å². The summed E-state index contributed by atoms with van der Waals surface area (Å²) in [6.07, 6.45) is 1.38. The van der Waals surface area contributed by atoms with E-state index in [0.29, 0.717) is 5.56 Å². The molecule has 0 aliphatic rings. The number of carbonyl (C=O) groups excluding carboxylic acids is 1. The average Bonchev–Trinajstić information content (AvgIpc) is 2.05. The van der Waals surface area contributed by atoms with Crippen LogP contribution in [0.3, 0.4) is 0 Å². The normalized spacial score (nSPS) is 10.4. The van der Waals surface area contributed by atoms with Gasteiger partial charge in [0.05, 0.1) is 0 Å². The van der Waals surface area contributed by atoms with Crippen LogP contribution < -0.4 is 0 Å². The van der Waals surface area contributed by atoms with Gasteiger partial charge in [0.1, 0.15) is 5.75 Å². The number of phenols is 1. The van der Waals surface area contributed by atoms with Crippen LogP contribution in [0.25, 0.3) is 0 Å². The van der Waals surface area contributed by atoms with Crippen molar-refractivity contribution in [2.75, 3.05) is 0 Å². The lowest BCUT2D eigenvalue weighted by Crippen LogP contribution is -1.92. The second-order valence-electron chi connectivity index (χ2n) is 2.21. The van der Waals surface area contributed by atoms with Crippen molar-refractivity contribution in [1.82, 2.24) is 0 Å². The number of allylic oxidation sites excluding steroid dienone is 1. The lowest BCUT2D eigenvalue weighted by Gasteiger charge is -1.95. The predicted octanol–water partition coefficient (Wildman–Crippen LogP) is 2.48. The number of rotatable bonds is 2. The van der Waals surface area contributed by atoms with Gasteiger partial charge in [0.25, 0.3) is 0 Å². The van der Waals surface area contributed by atoms with Crippen LogP contribution >= 0.6 is 15.9 Å². The quantitative estimate of drug-likeness (QED) is 0.622. The first-order valence-corrected chi connectivity index (χ1v) is 4.26. The Morgan fingerprint density at radius 2 is 2.25 bits per heavy atom. The lowest BCUT2D eigenvalue weighted by molar-refractivity contribution is 0.104. The lowest BCUT2D eigenvalue weighted by atomic mass is 10.1. The Balaban J connectivity index is 2.96. The van der Waals surface area contributed by atoms with Crippen molar-refractivity contribution in [1.29, 1.82) is 0 Å². The maximum atomic E-state index is 11.2. The summed E-state index contributed by atoms with van der Waals surface area (Å²) in [4.78, 5) is 12.7. The maximum Gasteiger partial charge on any atom is 0.186 e. The molecule has 62 valence electrons. The highest BCUT2D eigenvalue weighted by atomic mass is 79.9. The Bertz CT molecular complexity index is 318. The van der Waals surface area contributed by atoms with Crippen LogP contribution in [0.2, 0.25) is 0 Å². The molecular weight excluding hydrogens is 220 g/mol. The molecule has 3 heteroatoms. The Labute approximate surface area is 78.7 Å². The number of hydrogen-bond acceptors (Lipinski definition) is 2. The summed E-state index contributed by atoms with van der Waals surface area (Å²) in [6, 6.07) is 6.23. The van der Waals surface area contributed by atoms with Gasteiger partial charge in [-0.05, 0) is 23.2 Å². The Kier molecular flexibility index (Phi) is 3.05. The van der Waals surface area contributed by atoms with Crippen molar-refractivity contribution in [3.05, 3.63) is 40.9 Å². The smallest absolute Gasteiger partial charge is 0.186 e. The van der Waals surface area contributed by atoms with Crippen molar-refractivity contribution in [2.24, 2.45) is 0 Å². The van der Waals surface area contributed by atoms with Crippen molar-refractivity contribution >= 4 is 21.7 Å². The van der Waals surface area contributed by atoms with Gasteiger partial charge < -0.3 is 5.11 Å². The third-order valence-corrected chi connectivity index (χ3v) is 1.61. The molecule has 12 heavy (non-hydrogen) atoms. The van der Waals surface area contributed by atoms with Crippen LogP contribution in [0, 0.1) is 0 Å². The minimum atomic E-state index is -0.136. The van der Waals surface area contributed by atoms with Crippen LogP contribution in [-0.4, -0.2) is 10.9 Å². The maximum absolute atomic E-state index is 11.2. The molecule has 1 N–H and O–H groups in total. The molecule has 0 amide bonds. The molecule has 1 aromatic carbocycles. The van der Waals surface area contributed by atoms with Gasteiger partial charge in [0.15, 0.2) is 5.78 Å². The van der Waals surface area contributed by atoms with E-state index in [2.05, 4.69) is 15.9 Å². The molecule has 0 saturated carbocycles. The van der Waals surface area contributed by atoms with Crippen LogP contribution in [0.15, 0.2) is 35.3 Å². The number of ketones is 1. The highest BCUT2D eigenvalue weighted by Crippen LogP contribution is 2.11. The SMILES string of the molecule is O=C(/C=C/Br)c1cccc(O)c1. The first-order chi connectivity index (χ1) is 5.74. The summed E-state index contributed by atoms with van der Waals surface area (Å²) in [7, 11) is 0. The van der Waals surface area contributed by atoms with Gasteiger partial charge in [-0.2, -0.15) is 0 Å². The number of benzene rings is 1. The molecule has 0 aromatic heterocycles. The van der Waals surface area contributed by atoms with Gasteiger partial charge in [0, 0.05) is 5.56 Å². The van der Waals surface area contributed by atoms with Gasteiger partial charge >= 0.3 is 0 Å². The number of hydrogen-bond donors (Lipinski definition) is 1. The standard InChI is InChI=1S/C9H7BrO2/c10-5-4-9(12)7-2-1-3-8(11)6-7/h1-6,11H/b5-4+. The zero-order valence-electron chi connectivity index (χ0n) is 6.20. The van der Waals surface area contributed by atoms with Crippen LogP contribution in [-0.2, 0) is 0 Å². The number of aromatic hydroxyl groups is 1. The highest BCUT2D eigenvalue weighted by molar-refractivity contribution is 9.11. The first-order valence-electron chi connectivity index (χ1n) is 3.34. The van der Waals surface area contributed by atoms with Crippen LogP contribution in [0.1, 0.15) is 10.4 Å². The summed E-state index contributed by atoms with van der Waals surface area (Å²) in [5, 5.41) is 9.04. The Hall–Kier alpha value is -1.09. The highest BCUT2D eigenvalue weighted by Gasteiger charge is 2.00. The second kappa shape index (κ2) is 4.07. The molecule has 0 bridgehead atoms. The van der Waals surface area contributed by atoms with Crippen molar-refractivity contribution in [3.8, 4) is 5.75 Å². The zero-order valence-corrected chi connectivity index (χ0v) is 7.78. The van der Waals surface area contributed by atoms with Gasteiger partial charge in [0.2, 0.25) is 0 Å². The topological polar surface area (TPSA) is 37.3 Å². The van der Waals surface area contributed by atoms with Crippen molar-refractivity contribution in [2.45, 2.75) is 0 Å². The van der Waals surface area contributed by atoms with Gasteiger partial charge in [-0.25, -0.2) is 0 Å². The van der Waals surface area contributed by atoms with E-state index in [1.165, 1.54) is 23.2 Å². The fourth-order valence-corrected chi connectivity index (χ4v) is 1.05. The third-order valence-electron chi connectivity index (χ3n) is 1.35. The van der Waals surface area contributed by atoms with Crippen LogP contribution in [0.4, 0.5) is 0 Å². The van der Waals surface area contributed by atoms with E-state index >= 15 is 0 Å². The summed E-state index contributed by atoms with van der Waals surface area (Å²) in [6.45, 7) is 0. The zero-order chi connectivity index (χ0) is 8.97. The van der Waals surface area contributed by atoms with E-state index in [4.69, 9.17) is 5.11 Å². The van der Waals surface area contributed by atoms with Gasteiger partial charge in [-0.15, -0.1) is 0 Å². The van der Waals surface area contributed by atoms with Gasteiger partial charge in [-0.3, -0.25) is 4.79 Å². The average molecular weight is 227 g/mol. The minimum Gasteiger partial charge on any atom is -0.508 e. The summed E-state index contributed by atoms with van der Waals surface area (Å²) >= 11 is 3.00. The number of phenolic OH excluding ortho intramolecular Hbond substituents is 1. The van der Waals surface area contributed by atoms with E-state index in [1.807, 2.05) is 0 Å². The molecule has 1 rings (SSSR count). The number of halogens is 1. The first kappa shape index (κ1) is 9.00. The predicted molar refractivity (Wildman–Crippen MR) is 50.5 cm³/mol. The fourth-order valence-electron chi connectivity index (χ4n) is 0.813. The second-order valence-corrected chi connectivity index (χ2v) is 2.74. The van der Waals surface area contributed by atoms with Crippen molar-refractivity contribution in [3.63, 3.8) is 0 Å². The van der Waals surface area contributed by atoms with E-state index in [0.717, 1.165) is 0 Å². The molecule has 0 saturated heterocycles. The summed E-state index contributed by atoms with van der Waals surface area (Å²) < 4.78 is 0. The largest absolute Gasteiger partial charge is 0.508 e. The summed E-state index contributed by atoms with van der Waals surface area (Å²) in [5.74, 6) is -0.0356. The molecule has 0 atom stereocenters. The Morgan fingerprint density at radius 1 is 1.50 bits per heavy atom. The molecule has 0 aliphatic heterocycles. The van der Waals surface area contributed by atoms with Gasteiger partial charge in [-0.1, -0.05) is 28.1 Å². The molecule has 2 nitrogen and oxygen atoms in total. The third kappa shape index (κ3) is 2.20. The minimum absolute atomic E-state index is 0.101. The van der Waals surface area contributed by atoms with Crippen LogP contribution in [0.5, 0.6) is 5.75 Å². The molecular formula is C9H7BrO2. The van der Waals surface area contributed by atoms with Crippen molar-refractivity contribution < 1.29 is 9.90 Å². The Morgan fingerprint density at radius 3 is 2.83 bits per heavy atom. The molecule has 0 radical (unpaired) electrons. The molecule has 0 aliphatic carbocycles. The number of carbonyl (C=O) groups is 1. The molecule has 0 fully saturated rings. The van der Waals surface area contributed by atoms with E-state index in [-0.39, 0.29) is 11.5 Å². The van der Waals surface area contributed by atoms with E-state index < -0.39 is 0 Å². The molecule has 1 aromatic rings. The summed E-state index contributed by atoms with van der Waals surface area (Å²) in [5.41, 5.74) is 0.478. The van der Waals surface area contributed by atoms with E-state index in [1.54, 1.807) is 12.1 Å².